The number of fused-ring (bicyclic) bond motifs is 1. The molecule has 3 rings (SSSR count). The molecule has 1 amide bonds. The van der Waals surface area contributed by atoms with E-state index in [1.807, 2.05) is 13.8 Å². The van der Waals surface area contributed by atoms with E-state index >= 15 is 0 Å². The molecule has 0 spiro atoms. The van der Waals surface area contributed by atoms with Crippen LogP contribution in [0.15, 0.2) is 12.1 Å². The topological polar surface area (TPSA) is 104 Å². The molecule has 0 aliphatic carbocycles. The van der Waals surface area contributed by atoms with Gasteiger partial charge in [-0.15, -0.1) is 0 Å². The predicted molar refractivity (Wildman–Crippen MR) is 115 cm³/mol. The lowest BCUT2D eigenvalue weighted by Crippen LogP contribution is -2.48. The summed E-state index contributed by atoms with van der Waals surface area (Å²) >= 11 is 0. The third-order valence-corrected chi connectivity index (χ3v) is 5.62. The lowest BCUT2D eigenvalue weighted by molar-refractivity contribution is 0.0145. The highest BCUT2D eigenvalue weighted by atomic mass is 16.5. The molecule has 0 radical (unpaired) electrons. The second-order valence-electron chi connectivity index (χ2n) is 8.41. The number of nitrogens with one attached hydrogen (secondary N) is 1. The van der Waals surface area contributed by atoms with Crippen LogP contribution in [-0.4, -0.2) is 74.1 Å². The van der Waals surface area contributed by atoms with Gasteiger partial charge >= 0.3 is 0 Å². The minimum atomic E-state index is -0.498. The van der Waals surface area contributed by atoms with Gasteiger partial charge in [0.1, 0.15) is 0 Å². The molecule has 0 bridgehead atoms. The minimum Gasteiger partial charge on any atom is -0.489 e. The molecule has 2 heterocycles. The van der Waals surface area contributed by atoms with Gasteiger partial charge in [0, 0.05) is 44.6 Å². The number of piperidine rings is 1. The molecule has 2 N–H and O–H groups in total. The zero-order chi connectivity index (χ0) is 22.2. The Morgan fingerprint density at radius 1 is 1.39 bits per heavy atom. The number of amides is 1. The Balaban J connectivity index is 1.53. The first-order valence-corrected chi connectivity index (χ1v) is 11.1. The van der Waals surface area contributed by atoms with Gasteiger partial charge in [0.15, 0.2) is 11.5 Å². The zero-order valence-electron chi connectivity index (χ0n) is 18.4. The van der Waals surface area contributed by atoms with E-state index in [0.717, 1.165) is 32.5 Å². The van der Waals surface area contributed by atoms with E-state index in [0.29, 0.717) is 55.4 Å². The van der Waals surface area contributed by atoms with E-state index in [2.05, 4.69) is 16.3 Å². The Labute approximate surface area is 184 Å². The van der Waals surface area contributed by atoms with Crippen molar-refractivity contribution in [2.75, 3.05) is 46.0 Å². The van der Waals surface area contributed by atoms with Crippen LogP contribution >= 0.6 is 0 Å². The van der Waals surface area contributed by atoms with Crippen LogP contribution in [0.3, 0.4) is 0 Å². The molecule has 2 aliphatic rings. The minimum absolute atomic E-state index is 0.0120. The van der Waals surface area contributed by atoms with E-state index in [9.17, 15) is 15.2 Å². The Kier molecular flexibility index (Phi) is 8.52. The van der Waals surface area contributed by atoms with E-state index in [4.69, 9.17) is 14.2 Å². The molecule has 8 heteroatoms. The Morgan fingerprint density at radius 2 is 2.19 bits per heavy atom. The predicted octanol–water partition coefficient (Wildman–Crippen LogP) is 1.95. The standard InChI is InChI=1S/C23H33N3O5/c1-16(2)29-8-3-6-26-7-5-18(20(27)15-26)14-25-23(28)19-11-17(13-24)12-21-22(19)31-10-4-9-30-21/h11-12,16,18,20,27H,3-10,14-15H2,1-2H3,(H,25,28)/t18-,20+/m1/s1. The maximum atomic E-state index is 12.9. The Hall–Kier alpha value is -2.34. The second-order valence-corrected chi connectivity index (χ2v) is 8.41. The summed E-state index contributed by atoms with van der Waals surface area (Å²) in [7, 11) is 0. The summed E-state index contributed by atoms with van der Waals surface area (Å²) in [6.45, 7) is 8.46. The van der Waals surface area contributed by atoms with Crippen LogP contribution in [0, 0.1) is 17.2 Å². The van der Waals surface area contributed by atoms with Crippen LogP contribution < -0.4 is 14.8 Å². The van der Waals surface area contributed by atoms with E-state index in [-0.39, 0.29) is 17.9 Å². The first-order chi connectivity index (χ1) is 15.0. The van der Waals surface area contributed by atoms with Crippen molar-refractivity contribution in [1.82, 2.24) is 10.2 Å². The molecule has 31 heavy (non-hydrogen) atoms. The lowest BCUT2D eigenvalue weighted by Gasteiger charge is -2.36. The molecular weight excluding hydrogens is 398 g/mol. The number of hydrogen-bond acceptors (Lipinski definition) is 7. The monoisotopic (exact) mass is 431 g/mol. The third-order valence-electron chi connectivity index (χ3n) is 5.62. The lowest BCUT2D eigenvalue weighted by atomic mass is 9.93. The molecule has 2 atom stereocenters. The van der Waals surface area contributed by atoms with Crippen LogP contribution in [-0.2, 0) is 4.74 Å². The number of nitrogens with zero attached hydrogens (tertiary/aromatic N) is 2. The van der Waals surface area contributed by atoms with E-state index < -0.39 is 6.10 Å². The summed E-state index contributed by atoms with van der Waals surface area (Å²) < 4.78 is 17.0. The largest absolute Gasteiger partial charge is 0.489 e. The van der Waals surface area contributed by atoms with Gasteiger partial charge in [0.25, 0.3) is 5.91 Å². The number of rotatable bonds is 8. The molecule has 1 saturated heterocycles. The SMILES string of the molecule is CC(C)OCCCN1CC[C@H](CNC(=O)c2cc(C#N)cc3c2OCCCO3)[C@@H](O)C1. The average molecular weight is 432 g/mol. The molecule has 170 valence electrons. The number of nitriles is 1. The smallest absolute Gasteiger partial charge is 0.255 e. The van der Waals surface area contributed by atoms with Gasteiger partial charge < -0.3 is 29.5 Å². The fourth-order valence-corrected chi connectivity index (χ4v) is 3.92. The number of carbonyl (C=O) groups excluding carboxylic acids is 1. The molecule has 8 nitrogen and oxygen atoms in total. The van der Waals surface area contributed by atoms with Crippen molar-refractivity contribution in [2.24, 2.45) is 5.92 Å². The highest BCUT2D eigenvalue weighted by Crippen LogP contribution is 2.35. The molecule has 1 aromatic carbocycles. The first kappa shape index (κ1) is 23.3. The number of ether oxygens (including phenoxy) is 3. The maximum Gasteiger partial charge on any atom is 0.255 e. The van der Waals surface area contributed by atoms with Crippen LogP contribution in [0.5, 0.6) is 11.5 Å². The number of aliphatic hydroxyl groups excluding tert-OH is 1. The molecule has 1 aromatic rings. The van der Waals surface area contributed by atoms with Gasteiger partial charge in [-0.05, 0) is 39.3 Å². The van der Waals surface area contributed by atoms with E-state index in [1.54, 1.807) is 6.07 Å². The number of hydrogen-bond donors (Lipinski definition) is 2. The highest BCUT2D eigenvalue weighted by molar-refractivity contribution is 5.98. The van der Waals surface area contributed by atoms with Crippen LogP contribution in [0.4, 0.5) is 0 Å². The summed E-state index contributed by atoms with van der Waals surface area (Å²) in [5.41, 5.74) is 0.650. The van der Waals surface area contributed by atoms with Gasteiger partial charge in [-0.3, -0.25) is 4.79 Å². The Bertz CT molecular complexity index is 792. The van der Waals surface area contributed by atoms with Crippen LogP contribution in [0.1, 0.15) is 49.0 Å². The molecule has 0 aromatic heterocycles. The molecule has 1 fully saturated rings. The van der Waals surface area contributed by atoms with Gasteiger partial charge in [-0.2, -0.15) is 5.26 Å². The van der Waals surface area contributed by atoms with E-state index in [1.165, 1.54) is 6.07 Å². The van der Waals surface area contributed by atoms with Crippen LogP contribution in [0.2, 0.25) is 0 Å². The summed E-state index contributed by atoms with van der Waals surface area (Å²) in [6.07, 6.45) is 2.20. The van der Waals surface area contributed by atoms with Crippen molar-refractivity contribution >= 4 is 5.91 Å². The number of aliphatic hydroxyl groups is 1. The number of likely N-dealkylation sites (tertiary alicyclic amines) is 1. The summed E-state index contributed by atoms with van der Waals surface area (Å²) in [6, 6.07) is 5.20. The van der Waals surface area contributed by atoms with Crippen molar-refractivity contribution in [3.05, 3.63) is 23.3 Å². The van der Waals surface area contributed by atoms with Gasteiger partial charge in [0.05, 0.1) is 42.6 Å². The molecular formula is C23H33N3O5. The molecule has 2 aliphatic heterocycles. The zero-order valence-corrected chi connectivity index (χ0v) is 18.4. The van der Waals surface area contributed by atoms with Gasteiger partial charge in [-0.25, -0.2) is 0 Å². The van der Waals surface area contributed by atoms with Crippen molar-refractivity contribution in [3.8, 4) is 17.6 Å². The normalized spacial score (nSPS) is 21.4. The number of carbonyl (C=O) groups is 1. The second kappa shape index (κ2) is 11.3. The summed E-state index contributed by atoms with van der Waals surface area (Å²) in [5, 5.41) is 22.8. The third kappa shape index (κ3) is 6.57. The summed E-state index contributed by atoms with van der Waals surface area (Å²) in [5.74, 6) is 0.478. The molecule has 0 saturated carbocycles. The highest BCUT2D eigenvalue weighted by Gasteiger charge is 2.29. The van der Waals surface area contributed by atoms with Gasteiger partial charge in [0.2, 0.25) is 0 Å². The first-order valence-electron chi connectivity index (χ1n) is 11.1. The summed E-state index contributed by atoms with van der Waals surface area (Å²) in [4.78, 5) is 15.1. The fraction of sp³-hybridized carbons (Fsp3) is 0.652. The Morgan fingerprint density at radius 3 is 2.94 bits per heavy atom. The van der Waals surface area contributed by atoms with Crippen molar-refractivity contribution in [3.63, 3.8) is 0 Å². The number of benzene rings is 1. The fourth-order valence-electron chi connectivity index (χ4n) is 3.92. The number of β-amino-alcohol motifs (C(OH)–C–C–N with tert-alkyl or cyclic N) is 1. The van der Waals surface area contributed by atoms with Crippen molar-refractivity contribution < 1.29 is 24.1 Å². The average Bonchev–Trinajstić information content (AvgIpc) is 3.00. The van der Waals surface area contributed by atoms with Crippen molar-refractivity contribution in [2.45, 2.75) is 45.3 Å². The van der Waals surface area contributed by atoms with Gasteiger partial charge in [-0.1, -0.05) is 0 Å². The molecule has 0 unspecified atom stereocenters. The maximum absolute atomic E-state index is 12.9. The van der Waals surface area contributed by atoms with Crippen molar-refractivity contribution in [1.29, 1.82) is 5.26 Å². The van der Waals surface area contributed by atoms with Crippen LogP contribution in [0.25, 0.3) is 0 Å². The quantitative estimate of drug-likeness (QED) is 0.606.